The Labute approximate surface area is 164 Å². The van der Waals surface area contributed by atoms with Crippen LogP contribution >= 0.6 is 0 Å². The Hall–Kier alpha value is -0.590. The molecule has 0 aromatic carbocycles. The Kier molecular flexibility index (Phi) is 16.1. The molecule has 0 atom stereocenters. The summed E-state index contributed by atoms with van der Waals surface area (Å²) in [4.78, 5) is 10.9. The molecule has 1 rings (SSSR count). The van der Waals surface area contributed by atoms with Crippen LogP contribution in [-0.2, 0) is 4.79 Å². The molecule has 0 aliphatic heterocycles. The normalized spacial score (nSPS) is 19.7. The minimum absolute atomic E-state index is 0.349. The number of hydrogen-bond donors (Lipinski definition) is 0. The van der Waals surface area contributed by atoms with E-state index in [0.29, 0.717) is 5.78 Å². The molecule has 26 heavy (non-hydrogen) atoms. The highest BCUT2D eigenvalue weighted by Crippen LogP contribution is 2.21. The molecule has 0 aromatic heterocycles. The quantitative estimate of drug-likeness (QED) is 0.265. The average Bonchev–Trinajstić information content (AvgIpc) is 2.65. The lowest BCUT2D eigenvalue weighted by Gasteiger charge is -2.08. The zero-order valence-electron chi connectivity index (χ0n) is 17.8. The lowest BCUT2D eigenvalue weighted by molar-refractivity contribution is -0.117. The van der Waals surface area contributed by atoms with Crippen molar-refractivity contribution in [2.75, 3.05) is 0 Å². The molecule has 0 saturated heterocycles. The molecule has 0 N–H and O–H groups in total. The molecule has 0 bridgehead atoms. The van der Waals surface area contributed by atoms with E-state index in [2.05, 4.69) is 6.08 Å². The van der Waals surface area contributed by atoms with E-state index < -0.39 is 0 Å². The highest BCUT2D eigenvalue weighted by atomic mass is 16.1. The van der Waals surface area contributed by atoms with Gasteiger partial charge in [-0.3, -0.25) is 0 Å². The van der Waals surface area contributed by atoms with Crippen LogP contribution < -0.4 is 0 Å². The van der Waals surface area contributed by atoms with Crippen molar-refractivity contribution in [1.82, 2.24) is 0 Å². The van der Waals surface area contributed by atoms with Crippen LogP contribution in [0.3, 0.4) is 0 Å². The lowest BCUT2D eigenvalue weighted by Crippen LogP contribution is -1.90. The number of carbonyl (C=O) groups excluding carboxylic acids is 1. The summed E-state index contributed by atoms with van der Waals surface area (Å²) in [5.41, 5.74) is 1.77. The van der Waals surface area contributed by atoms with E-state index in [1.807, 2.05) is 0 Å². The molecule has 0 fully saturated rings. The van der Waals surface area contributed by atoms with Crippen LogP contribution in [0.4, 0.5) is 0 Å². The molecule has 0 unspecified atom stereocenters. The molecule has 1 heteroatoms. The fourth-order valence-electron chi connectivity index (χ4n) is 4.16. The van der Waals surface area contributed by atoms with Crippen LogP contribution in [0.2, 0.25) is 0 Å². The van der Waals surface area contributed by atoms with Crippen molar-refractivity contribution >= 4 is 5.78 Å². The van der Waals surface area contributed by atoms with Gasteiger partial charge in [-0.05, 0) is 51.9 Å². The lowest BCUT2D eigenvalue weighted by atomic mass is 9.98. The van der Waals surface area contributed by atoms with E-state index >= 15 is 0 Å². The Morgan fingerprint density at radius 1 is 0.692 bits per heavy atom. The second kappa shape index (κ2) is 17.8. The monoisotopic (exact) mass is 362 g/mol. The molecule has 1 nitrogen and oxygen atoms in total. The maximum Gasteiger partial charge on any atom is 0.129 e. The van der Waals surface area contributed by atoms with Crippen molar-refractivity contribution in [1.29, 1.82) is 0 Å². The Morgan fingerprint density at radius 3 is 1.81 bits per heavy atom. The summed E-state index contributed by atoms with van der Waals surface area (Å²) in [6, 6.07) is 0. The molecule has 152 valence electrons. The van der Waals surface area contributed by atoms with E-state index in [0.717, 1.165) is 12.8 Å². The SMILES string of the molecule is CC(=O)CCCCCCCCCC/C1=C/CCCCCCCCCCC1. The topological polar surface area (TPSA) is 17.1 Å². The summed E-state index contributed by atoms with van der Waals surface area (Å²) in [5, 5.41) is 0. The average molecular weight is 363 g/mol. The molecule has 0 amide bonds. The molecule has 0 radical (unpaired) electrons. The smallest absolute Gasteiger partial charge is 0.129 e. The van der Waals surface area contributed by atoms with Gasteiger partial charge in [0.25, 0.3) is 0 Å². The van der Waals surface area contributed by atoms with Crippen molar-refractivity contribution in [3.63, 3.8) is 0 Å². The fraction of sp³-hybridized carbons (Fsp3) is 0.880. The van der Waals surface area contributed by atoms with Gasteiger partial charge >= 0.3 is 0 Å². The van der Waals surface area contributed by atoms with Crippen LogP contribution in [-0.4, -0.2) is 5.78 Å². The minimum Gasteiger partial charge on any atom is -0.300 e. The van der Waals surface area contributed by atoms with E-state index in [1.54, 1.807) is 12.5 Å². The van der Waals surface area contributed by atoms with Crippen LogP contribution in [0.15, 0.2) is 11.6 Å². The maximum atomic E-state index is 10.9. The van der Waals surface area contributed by atoms with Gasteiger partial charge in [-0.1, -0.05) is 95.1 Å². The first-order chi connectivity index (χ1) is 12.8. The van der Waals surface area contributed by atoms with Gasteiger partial charge in [0.15, 0.2) is 0 Å². The van der Waals surface area contributed by atoms with E-state index in [9.17, 15) is 4.79 Å². The van der Waals surface area contributed by atoms with Gasteiger partial charge in [-0.2, -0.15) is 0 Å². The van der Waals surface area contributed by atoms with Crippen LogP contribution in [0, 0.1) is 0 Å². The maximum absolute atomic E-state index is 10.9. The van der Waals surface area contributed by atoms with Crippen molar-refractivity contribution < 1.29 is 4.79 Å². The molecule has 0 saturated carbocycles. The predicted molar refractivity (Wildman–Crippen MR) is 116 cm³/mol. The van der Waals surface area contributed by atoms with Crippen molar-refractivity contribution in [3.05, 3.63) is 11.6 Å². The van der Waals surface area contributed by atoms with E-state index in [4.69, 9.17) is 0 Å². The van der Waals surface area contributed by atoms with Crippen molar-refractivity contribution in [2.45, 2.75) is 142 Å². The van der Waals surface area contributed by atoms with Gasteiger partial charge in [0.2, 0.25) is 0 Å². The molecule has 0 aromatic rings. The van der Waals surface area contributed by atoms with Crippen LogP contribution in [0.25, 0.3) is 0 Å². The van der Waals surface area contributed by atoms with Gasteiger partial charge < -0.3 is 4.79 Å². The van der Waals surface area contributed by atoms with Crippen molar-refractivity contribution in [2.24, 2.45) is 0 Å². The third-order valence-electron chi connectivity index (χ3n) is 5.91. The second-order valence-corrected chi connectivity index (χ2v) is 8.61. The highest BCUT2D eigenvalue weighted by molar-refractivity contribution is 5.75. The number of unbranched alkanes of at least 4 members (excludes halogenated alkanes) is 7. The van der Waals surface area contributed by atoms with Crippen LogP contribution in [0.1, 0.15) is 142 Å². The second-order valence-electron chi connectivity index (χ2n) is 8.61. The van der Waals surface area contributed by atoms with E-state index in [1.165, 1.54) is 122 Å². The Balaban J connectivity index is 2.04. The summed E-state index contributed by atoms with van der Waals surface area (Å²) in [6.45, 7) is 1.71. The first kappa shape index (κ1) is 23.4. The van der Waals surface area contributed by atoms with Gasteiger partial charge in [0.05, 0.1) is 0 Å². The summed E-state index contributed by atoms with van der Waals surface area (Å²) in [5.74, 6) is 0.349. The van der Waals surface area contributed by atoms with E-state index in [-0.39, 0.29) is 0 Å². The predicted octanol–water partition coefficient (Wildman–Crippen LogP) is 8.71. The summed E-state index contributed by atoms with van der Waals surface area (Å²) in [7, 11) is 0. The number of carbonyl (C=O) groups is 1. The summed E-state index contributed by atoms with van der Waals surface area (Å²) < 4.78 is 0. The molecule has 1 aliphatic rings. The zero-order chi connectivity index (χ0) is 18.7. The van der Waals surface area contributed by atoms with Gasteiger partial charge in [-0.25, -0.2) is 0 Å². The largest absolute Gasteiger partial charge is 0.300 e. The standard InChI is InChI=1S/C25H46O/c1-24(26)20-16-12-8-6-7-11-15-19-23-25-21-17-13-9-4-2-3-5-10-14-18-22-25/h21H,2-20,22-23H2,1H3/b25-21+. The Bertz CT molecular complexity index is 355. The Morgan fingerprint density at radius 2 is 1.19 bits per heavy atom. The van der Waals surface area contributed by atoms with Crippen LogP contribution in [0.5, 0.6) is 0 Å². The van der Waals surface area contributed by atoms with Crippen molar-refractivity contribution in [3.8, 4) is 0 Å². The minimum atomic E-state index is 0.349. The zero-order valence-corrected chi connectivity index (χ0v) is 17.8. The molecular formula is C25H46O. The van der Waals surface area contributed by atoms with Gasteiger partial charge in [-0.15, -0.1) is 0 Å². The third-order valence-corrected chi connectivity index (χ3v) is 5.91. The van der Waals surface area contributed by atoms with Gasteiger partial charge in [0.1, 0.15) is 5.78 Å². The molecular weight excluding hydrogens is 316 g/mol. The fourth-order valence-corrected chi connectivity index (χ4v) is 4.16. The first-order valence-electron chi connectivity index (χ1n) is 12.0. The van der Waals surface area contributed by atoms with Gasteiger partial charge in [0, 0.05) is 6.42 Å². The summed E-state index contributed by atoms with van der Waals surface area (Å²) >= 11 is 0. The third kappa shape index (κ3) is 15.6. The number of allylic oxidation sites excluding steroid dienone is 2. The number of Topliss-reactive ketones (excluding diaryl/α,β-unsaturated/α-hetero) is 1. The highest BCUT2D eigenvalue weighted by Gasteiger charge is 2.01. The molecule has 0 spiro atoms. The first-order valence-corrected chi connectivity index (χ1v) is 12.0. The number of rotatable bonds is 11. The molecule has 1 aliphatic carbocycles. The number of ketones is 1. The number of hydrogen-bond acceptors (Lipinski definition) is 1. The molecule has 0 heterocycles. The summed E-state index contributed by atoms with van der Waals surface area (Å²) in [6.07, 6.45) is 31.1.